The van der Waals surface area contributed by atoms with Gasteiger partial charge < -0.3 is 20.5 Å². The molecule has 0 aliphatic rings. The molecule has 4 aromatic rings. The topological polar surface area (TPSA) is 131 Å². The van der Waals surface area contributed by atoms with Crippen LogP contribution in [-0.2, 0) is 4.79 Å². The molecule has 2 atom stereocenters. The van der Waals surface area contributed by atoms with Crippen LogP contribution in [0.15, 0.2) is 58.4 Å². The normalized spacial score (nSPS) is 13.0. The first-order valence-electron chi connectivity index (χ1n) is 11.8. The fourth-order valence-corrected chi connectivity index (χ4v) is 4.33. The molecule has 0 amide bonds. The van der Waals surface area contributed by atoms with E-state index < -0.39 is 28.8 Å². The maximum atomic E-state index is 12.2. The number of aromatic nitrogens is 2. The summed E-state index contributed by atoms with van der Waals surface area (Å²) >= 11 is 0. The number of nitrogens with one attached hydrogen (secondary N) is 2. The van der Waals surface area contributed by atoms with Gasteiger partial charge in [0.1, 0.15) is 23.9 Å². The molecule has 9 nitrogen and oxygen atoms in total. The van der Waals surface area contributed by atoms with Crippen LogP contribution in [0.5, 0.6) is 5.75 Å². The summed E-state index contributed by atoms with van der Waals surface area (Å²) in [7, 11) is 0. The van der Waals surface area contributed by atoms with Crippen molar-refractivity contribution in [1.82, 2.24) is 9.97 Å². The first-order valence-corrected chi connectivity index (χ1v) is 11.8. The van der Waals surface area contributed by atoms with Crippen LogP contribution in [-0.4, -0.2) is 33.2 Å². The predicted octanol–water partition coefficient (Wildman–Crippen LogP) is 4.12. The average molecular weight is 489 g/mol. The number of nitrogens with zero attached hydrogens (tertiary/aromatic N) is 2. The molecule has 0 radical (unpaired) electrons. The van der Waals surface area contributed by atoms with Crippen molar-refractivity contribution in [1.29, 1.82) is 0 Å². The zero-order valence-electron chi connectivity index (χ0n) is 20.5. The van der Waals surface area contributed by atoms with Gasteiger partial charge in [0.15, 0.2) is 5.75 Å². The lowest BCUT2D eigenvalue weighted by Gasteiger charge is -2.27. The minimum Gasteiger partial charge on any atom is -0.485 e. The molecule has 0 bridgehead atoms. The van der Waals surface area contributed by atoms with Gasteiger partial charge in [-0.15, -0.1) is 0 Å². The molecule has 0 aliphatic carbocycles. The van der Waals surface area contributed by atoms with Gasteiger partial charge in [0.2, 0.25) is 0 Å². The minimum absolute atomic E-state index is 0.0798. The van der Waals surface area contributed by atoms with Gasteiger partial charge in [-0.2, -0.15) is 0 Å². The zero-order valence-corrected chi connectivity index (χ0v) is 20.5. The number of carbonyl (C=O) groups is 1. The van der Waals surface area contributed by atoms with E-state index in [-0.39, 0.29) is 17.5 Å². The summed E-state index contributed by atoms with van der Waals surface area (Å²) in [5.41, 5.74) is 1.86. The lowest BCUT2D eigenvalue weighted by molar-refractivity contribution is -0.138. The molecule has 9 heteroatoms. The summed E-state index contributed by atoms with van der Waals surface area (Å²) in [6, 6.07) is 12.1. The molecule has 1 aromatic heterocycles. The molecule has 3 N–H and O–H groups in total. The Bertz CT molecular complexity index is 1470. The third-order valence-electron chi connectivity index (χ3n) is 6.10. The summed E-state index contributed by atoms with van der Waals surface area (Å²) in [5, 5.41) is 17.0. The second-order valence-corrected chi connectivity index (χ2v) is 8.94. The third kappa shape index (κ3) is 4.77. The van der Waals surface area contributed by atoms with Crippen molar-refractivity contribution < 1.29 is 14.6 Å². The Hall–Kier alpha value is -4.27. The van der Waals surface area contributed by atoms with Crippen LogP contribution in [0, 0.1) is 6.92 Å². The van der Waals surface area contributed by atoms with E-state index in [1.807, 2.05) is 56.3 Å². The highest BCUT2D eigenvalue weighted by Crippen LogP contribution is 2.31. The van der Waals surface area contributed by atoms with Crippen molar-refractivity contribution in [3.8, 4) is 5.75 Å². The Morgan fingerprint density at radius 1 is 1.06 bits per heavy atom. The van der Waals surface area contributed by atoms with Crippen LogP contribution in [0.3, 0.4) is 0 Å². The first kappa shape index (κ1) is 24.8. The molecule has 3 aromatic carbocycles. The maximum Gasteiger partial charge on any atom is 0.326 e. The highest BCUT2D eigenvalue weighted by Gasteiger charge is 2.33. The fourth-order valence-electron chi connectivity index (χ4n) is 4.33. The van der Waals surface area contributed by atoms with Gasteiger partial charge in [-0.25, -0.2) is 14.8 Å². The van der Waals surface area contributed by atoms with Crippen molar-refractivity contribution >= 4 is 34.1 Å². The minimum atomic E-state index is -1.13. The van der Waals surface area contributed by atoms with E-state index in [9.17, 15) is 19.5 Å². The standard InChI is InChI=1S/C27H28N4O5/c1-5-18(21(27(34)35)31-22-23(32)24(33)25(22)36-14(2)3)16-9-11-17(12-10-16)30-26-20-15(4)7-6-8-19(20)28-13-29-26/h6-14,18,21,31H,5H2,1-4H3,(H,34,35)(H,28,29,30). The van der Waals surface area contributed by atoms with Gasteiger partial charge in [0, 0.05) is 17.0 Å². The van der Waals surface area contributed by atoms with Gasteiger partial charge in [-0.3, -0.25) is 9.59 Å². The van der Waals surface area contributed by atoms with Crippen molar-refractivity contribution in [2.24, 2.45) is 0 Å². The Morgan fingerprint density at radius 2 is 1.78 bits per heavy atom. The highest BCUT2D eigenvalue weighted by atomic mass is 16.5. The average Bonchev–Trinajstić information content (AvgIpc) is 2.86. The van der Waals surface area contributed by atoms with Crippen LogP contribution in [0.1, 0.15) is 44.2 Å². The van der Waals surface area contributed by atoms with Gasteiger partial charge in [-0.1, -0.05) is 31.2 Å². The molecule has 186 valence electrons. The van der Waals surface area contributed by atoms with Gasteiger partial charge in [0.25, 0.3) is 10.9 Å². The van der Waals surface area contributed by atoms with Crippen LogP contribution in [0.25, 0.3) is 10.9 Å². The van der Waals surface area contributed by atoms with Crippen LogP contribution in [0.4, 0.5) is 17.2 Å². The Labute approximate surface area is 207 Å². The fraction of sp³-hybridized carbons (Fsp3) is 0.296. The maximum absolute atomic E-state index is 12.2. The molecular weight excluding hydrogens is 460 g/mol. The first-order chi connectivity index (χ1) is 17.2. The number of hydrogen-bond acceptors (Lipinski definition) is 8. The molecule has 0 spiro atoms. The number of carboxylic acids is 1. The molecule has 36 heavy (non-hydrogen) atoms. The SMILES string of the molecule is CCC(c1ccc(Nc2ncnc3cccc(C)c23)cc1)C(Nc1c(OC(C)C)c(=O)c1=O)C(=O)O. The number of fused-ring (bicyclic) bond motifs is 1. The number of rotatable bonds is 10. The number of aryl methyl sites for hydroxylation is 1. The van der Waals surface area contributed by atoms with Crippen LogP contribution in [0.2, 0.25) is 0 Å². The van der Waals surface area contributed by atoms with E-state index in [0.29, 0.717) is 12.2 Å². The van der Waals surface area contributed by atoms with Crippen molar-refractivity contribution in [2.45, 2.75) is 52.2 Å². The third-order valence-corrected chi connectivity index (χ3v) is 6.10. The quantitative estimate of drug-likeness (QED) is 0.282. The summed E-state index contributed by atoms with van der Waals surface area (Å²) in [5.74, 6) is -1.02. The van der Waals surface area contributed by atoms with Crippen molar-refractivity contribution in [3.05, 3.63) is 80.4 Å². The molecule has 0 fully saturated rings. The number of anilines is 3. The zero-order chi connectivity index (χ0) is 26.0. The van der Waals surface area contributed by atoms with Crippen molar-refractivity contribution in [3.63, 3.8) is 0 Å². The van der Waals surface area contributed by atoms with Crippen LogP contribution >= 0.6 is 0 Å². The smallest absolute Gasteiger partial charge is 0.326 e. The monoisotopic (exact) mass is 488 g/mol. The summed E-state index contributed by atoms with van der Waals surface area (Å²) in [6.45, 7) is 7.33. The molecule has 0 saturated carbocycles. The summed E-state index contributed by atoms with van der Waals surface area (Å²) in [6.07, 6.45) is 1.67. The van der Waals surface area contributed by atoms with E-state index in [1.165, 1.54) is 6.33 Å². The van der Waals surface area contributed by atoms with E-state index >= 15 is 0 Å². The summed E-state index contributed by atoms with van der Waals surface area (Å²) in [4.78, 5) is 45.0. The van der Waals surface area contributed by atoms with Gasteiger partial charge in [0.05, 0.1) is 11.6 Å². The van der Waals surface area contributed by atoms with Crippen molar-refractivity contribution in [2.75, 3.05) is 10.6 Å². The van der Waals surface area contributed by atoms with Gasteiger partial charge in [-0.05, 0) is 56.5 Å². The highest BCUT2D eigenvalue weighted by molar-refractivity contribution is 5.93. The number of ether oxygens (including phenoxy) is 1. The van der Waals surface area contributed by atoms with E-state index in [0.717, 1.165) is 27.7 Å². The number of carboxylic acid groups (broad SMARTS) is 1. The second kappa shape index (κ2) is 10.2. The van der Waals surface area contributed by atoms with E-state index in [1.54, 1.807) is 13.8 Å². The number of aliphatic carboxylic acids is 1. The Balaban J connectivity index is 1.58. The molecule has 1 heterocycles. The Kier molecular flexibility index (Phi) is 7.00. The van der Waals surface area contributed by atoms with E-state index in [2.05, 4.69) is 20.6 Å². The Morgan fingerprint density at radius 3 is 2.42 bits per heavy atom. The second-order valence-electron chi connectivity index (χ2n) is 8.94. The lowest BCUT2D eigenvalue weighted by Crippen LogP contribution is -2.43. The molecule has 2 unspecified atom stereocenters. The molecule has 0 aliphatic heterocycles. The lowest BCUT2D eigenvalue weighted by atomic mass is 9.88. The number of benzene rings is 2. The molecular formula is C27H28N4O5. The largest absolute Gasteiger partial charge is 0.485 e. The molecule has 0 saturated heterocycles. The van der Waals surface area contributed by atoms with E-state index in [4.69, 9.17) is 4.74 Å². The van der Waals surface area contributed by atoms with Gasteiger partial charge >= 0.3 is 5.97 Å². The number of hydrogen-bond donors (Lipinski definition) is 3. The predicted molar refractivity (Wildman–Crippen MR) is 139 cm³/mol. The summed E-state index contributed by atoms with van der Waals surface area (Å²) < 4.78 is 5.43. The molecule has 4 rings (SSSR count). The van der Waals surface area contributed by atoms with Crippen LogP contribution < -0.4 is 26.2 Å².